The zero-order valence-corrected chi connectivity index (χ0v) is 20.2. The third-order valence-corrected chi connectivity index (χ3v) is 6.59. The van der Waals surface area contributed by atoms with Gasteiger partial charge in [-0.25, -0.2) is 0 Å². The molecule has 0 saturated heterocycles. The Morgan fingerprint density at radius 1 is 1.17 bits per heavy atom. The van der Waals surface area contributed by atoms with Crippen molar-refractivity contribution in [2.45, 2.75) is 66.7 Å². The van der Waals surface area contributed by atoms with Crippen LogP contribution < -0.4 is 10.1 Å². The second-order valence-electron chi connectivity index (χ2n) is 9.65. The maximum Gasteiger partial charge on any atom is 0.224 e. The van der Waals surface area contributed by atoms with E-state index < -0.39 is 0 Å². The van der Waals surface area contributed by atoms with Crippen LogP contribution >= 0.6 is 15.9 Å². The van der Waals surface area contributed by atoms with Gasteiger partial charge in [-0.2, -0.15) is 0 Å². The highest BCUT2D eigenvalue weighted by molar-refractivity contribution is 9.10. The van der Waals surface area contributed by atoms with Crippen molar-refractivity contribution in [2.24, 2.45) is 5.41 Å². The van der Waals surface area contributed by atoms with Crippen LogP contribution in [0.25, 0.3) is 0 Å². The Kier molecular flexibility index (Phi) is 6.14. The van der Waals surface area contributed by atoms with E-state index in [2.05, 4.69) is 87.1 Å². The van der Waals surface area contributed by atoms with Crippen LogP contribution in [-0.4, -0.2) is 12.5 Å². The summed E-state index contributed by atoms with van der Waals surface area (Å²) in [5.41, 5.74) is 6.72. The Morgan fingerprint density at radius 2 is 1.79 bits per heavy atom. The zero-order valence-electron chi connectivity index (χ0n) is 18.6. The van der Waals surface area contributed by atoms with Crippen LogP contribution in [0.15, 0.2) is 28.7 Å². The number of ether oxygens (including phenoxy) is 1. The van der Waals surface area contributed by atoms with Crippen LogP contribution in [0.5, 0.6) is 5.75 Å². The van der Waals surface area contributed by atoms with Gasteiger partial charge in [-0.15, -0.1) is 0 Å². The largest absolute Gasteiger partial charge is 0.491 e. The average molecular weight is 458 g/mol. The van der Waals surface area contributed by atoms with E-state index in [9.17, 15) is 4.79 Å². The van der Waals surface area contributed by atoms with E-state index in [1.54, 1.807) is 0 Å². The fourth-order valence-corrected chi connectivity index (χ4v) is 4.55. The van der Waals surface area contributed by atoms with Crippen molar-refractivity contribution in [2.75, 3.05) is 11.9 Å². The van der Waals surface area contributed by atoms with Gasteiger partial charge in [-0.1, -0.05) is 58.9 Å². The quantitative estimate of drug-likeness (QED) is 0.531. The van der Waals surface area contributed by atoms with Gasteiger partial charge in [-0.05, 0) is 63.4 Å². The van der Waals surface area contributed by atoms with Gasteiger partial charge in [0, 0.05) is 23.6 Å². The van der Waals surface area contributed by atoms with Gasteiger partial charge in [0.1, 0.15) is 5.75 Å². The van der Waals surface area contributed by atoms with Crippen molar-refractivity contribution in [1.82, 2.24) is 0 Å². The molecule has 2 aromatic rings. The Balaban J connectivity index is 2.00. The topological polar surface area (TPSA) is 38.3 Å². The molecule has 0 fully saturated rings. The fraction of sp³-hybridized carbons (Fsp3) is 0.480. The summed E-state index contributed by atoms with van der Waals surface area (Å²) >= 11 is 3.72. The Bertz CT molecular complexity index is 924. The number of nitrogens with one attached hydrogen (secondary N) is 1. The van der Waals surface area contributed by atoms with E-state index in [4.69, 9.17) is 4.74 Å². The van der Waals surface area contributed by atoms with Crippen molar-refractivity contribution in [3.63, 3.8) is 0 Å². The van der Waals surface area contributed by atoms with Gasteiger partial charge in [0.15, 0.2) is 0 Å². The van der Waals surface area contributed by atoms with E-state index in [0.717, 1.165) is 27.0 Å². The number of amides is 1. The standard InChI is InChI=1S/C25H32BrNO2/c1-14(2)17-8-10-18(11-9-17)19-13-29-24-21(19)15(3)23(16(4)22(24)26)27-20(28)12-25(5,6)7/h8-11,14,19H,12-13H2,1-7H3,(H,27,28)/t19-/m1/s1. The molecule has 0 spiro atoms. The lowest BCUT2D eigenvalue weighted by atomic mass is 9.87. The van der Waals surface area contributed by atoms with E-state index in [0.29, 0.717) is 18.9 Å². The number of hydrogen-bond donors (Lipinski definition) is 1. The molecule has 0 radical (unpaired) electrons. The van der Waals surface area contributed by atoms with Crippen molar-refractivity contribution in [3.05, 3.63) is 56.6 Å². The summed E-state index contributed by atoms with van der Waals surface area (Å²) < 4.78 is 7.05. The summed E-state index contributed by atoms with van der Waals surface area (Å²) in [6.07, 6.45) is 0.483. The van der Waals surface area contributed by atoms with Crippen molar-refractivity contribution >= 4 is 27.5 Å². The second kappa shape index (κ2) is 8.14. The van der Waals surface area contributed by atoms with Crippen LogP contribution in [-0.2, 0) is 4.79 Å². The molecular formula is C25H32BrNO2. The van der Waals surface area contributed by atoms with Crippen molar-refractivity contribution < 1.29 is 9.53 Å². The lowest BCUT2D eigenvalue weighted by molar-refractivity contribution is -0.117. The van der Waals surface area contributed by atoms with Gasteiger partial charge in [0.05, 0.1) is 11.1 Å². The molecule has 156 valence electrons. The summed E-state index contributed by atoms with van der Waals surface area (Å²) in [6.45, 7) is 15.4. The van der Waals surface area contributed by atoms with Gasteiger partial charge in [0.2, 0.25) is 5.91 Å². The molecule has 3 nitrogen and oxygen atoms in total. The first kappa shape index (κ1) is 21.9. The molecule has 1 heterocycles. The Hall–Kier alpha value is -1.81. The second-order valence-corrected chi connectivity index (χ2v) is 10.4. The highest BCUT2D eigenvalue weighted by atomic mass is 79.9. The number of rotatable bonds is 4. The number of hydrogen-bond acceptors (Lipinski definition) is 2. The number of halogens is 1. The monoisotopic (exact) mass is 457 g/mol. The van der Waals surface area contributed by atoms with Crippen LogP contribution in [0.2, 0.25) is 0 Å². The highest BCUT2D eigenvalue weighted by Gasteiger charge is 2.33. The minimum absolute atomic E-state index is 0.0484. The average Bonchev–Trinajstić information content (AvgIpc) is 3.07. The molecule has 0 aromatic heterocycles. The highest BCUT2D eigenvalue weighted by Crippen LogP contribution is 2.49. The first-order valence-corrected chi connectivity index (χ1v) is 11.1. The van der Waals surface area contributed by atoms with E-state index in [-0.39, 0.29) is 17.2 Å². The van der Waals surface area contributed by atoms with Crippen molar-refractivity contribution in [1.29, 1.82) is 0 Å². The zero-order chi connectivity index (χ0) is 21.5. The van der Waals surface area contributed by atoms with E-state index in [1.165, 1.54) is 16.7 Å². The summed E-state index contributed by atoms with van der Waals surface area (Å²) in [7, 11) is 0. The van der Waals surface area contributed by atoms with Crippen molar-refractivity contribution in [3.8, 4) is 5.75 Å². The molecule has 1 atom stereocenters. The number of carbonyl (C=O) groups is 1. The lowest BCUT2D eigenvalue weighted by Gasteiger charge is -2.22. The minimum Gasteiger partial charge on any atom is -0.491 e. The predicted molar refractivity (Wildman–Crippen MR) is 124 cm³/mol. The number of carbonyl (C=O) groups excluding carboxylic acids is 1. The van der Waals surface area contributed by atoms with Gasteiger partial charge in [0.25, 0.3) is 0 Å². The molecule has 3 rings (SSSR count). The molecule has 4 heteroatoms. The van der Waals surface area contributed by atoms with Crippen LogP contribution in [0, 0.1) is 19.3 Å². The van der Waals surface area contributed by atoms with Gasteiger partial charge >= 0.3 is 0 Å². The summed E-state index contributed by atoms with van der Waals surface area (Å²) in [5.74, 6) is 1.64. The van der Waals surface area contributed by atoms with E-state index in [1.807, 2.05) is 6.92 Å². The lowest BCUT2D eigenvalue weighted by Crippen LogP contribution is -2.21. The third-order valence-electron chi connectivity index (χ3n) is 5.63. The summed E-state index contributed by atoms with van der Waals surface area (Å²) in [4.78, 5) is 12.6. The number of benzene rings is 2. The molecule has 1 N–H and O–H groups in total. The molecule has 0 bridgehead atoms. The molecule has 1 amide bonds. The van der Waals surface area contributed by atoms with Crippen LogP contribution in [0.3, 0.4) is 0 Å². The summed E-state index contributed by atoms with van der Waals surface area (Å²) in [5, 5.41) is 3.18. The summed E-state index contributed by atoms with van der Waals surface area (Å²) in [6, 6.07) is 8.85. The van der Waals surface area contributed by atoms with Crippen LogP contribution in [0.1, 0.15) is 80.7 Å². The molecule has 2 aromatic carbocycles. The predicted octanol–water partition coefficient (Wildman–Crippen LogP) is 7.09. The Labute approximate surface area is 183 Å². The SMILES string of the molecule is Cc1c(Br)c2c(c(C)c1NC(=O)CC(C)(C)C)[C@@H](c1ccc(C(C)C)cc1)CO2. The number of fused-ring (bicyclic) bond motifs is 1. The minimum atomic E-state index is -0.0519. The first-order chi connectivity index (χ1) is 13.5. The maximum absolute atomic E-state index is 12.6. The van der Waals surface area contributed by atoms with E-state index >= 15 is 0 Å². The van der Waals surface area contributed by atoms with Gasteiger partial charge < -0.3 is 10.1 Å². The van der Waals surface area contributed by atoms with Crippen LogP contribution in [0.4, 0.5) is 5.69 Å². The third kappa shape index (κ3) is 4.53. The molecule has 29 heavy (non-hydrogen) atoms. The first-order valence-electron chi connectivity index (χ1n) is 10.3. The fourth-order valence-electron chi connectivity index (χ4n) is 4.02. The molecule has 0 aliphatic carbocycles. The Morgan fingerprint density at radius 3 is 2.34 bits per heavy atom. The normalized spacial score (nSPS) is 16.0. The van der Waals surface area contributed by atoms with Gasteiger partial charge in [-0.3, -0.25) is 4.79 Å². The molecule has 0 saturated carbocycles. The number of anilines is 1. The molecule has 0 unspecified atom stereocenters. The molecule has 1 aliphatic heterocycles. The molecule has 1 aliphatic rings. The molecular weight excluding hydrogens is 426 g/mol. The smallest absolute Gasteiger partial charge is 0.224 e. The maximum atomic E-state index is 12.6.